The van der Waals surface area contributed by atoms with Crippen LogP contribution in [0.15, 0.2) is 34.1 Å². The van der Waals surface area contributed by atoms with Crippen molar-refractivity contribution in [3.8, 4) is 0 Å². The van der Waals surface area contributed by atoms with Crippen LogP contribution in [-0.4, -0.2) is 33.0 Å². The summed E-state index contributed by atoms with van der Waals surface area (Å²) in [5.74, 6) is 0. The SMILES string of the molecule is CCCCNCC(C)Sc1ccc(S(C)(=O)=O)cc1. The van der Waals surface area contributed by atoms with Crippen molar-refractivity contribution in [2.75, 3.05) is 19.3 Å². The van der Waals surface area contributed by atoms with Crippen LogP contribution in [0.4, 0.5) is 0 Å². The molecule has 0 aromatic heterocycles. The van der Waals surface area contributed by atoms with Crippen LogP contribution in [0, 0.1) is 0 Å². The molecule has 19 heavy (non-hydrogen) atoms. The molecular weight excluding hydrogens is 278 g/mol. The molecule has 1 aromatic carbocycles. The van der Waals surface area contributed by atoms with E-state index in [2.05, 4.69) is 19.2 Å². The minimum atomic E-state index is -3.09. The molecule has 0 radical (unpaired) electrons. The zero-order chi connectivity index (χ0) is 14.3. The summed E-state index contributed by atoms with van der Waals surface area (Å²) in [6, 6.07) is 7.11. The van der Waals surface area contributed by atoms with Gasteiger partial charge in [0.1, 0.15) is 0 Å². The number of sulfone groups is 1. The fourth-order valence-electron chi connectivity index (χ4n) is 1.65. The van der Waals surface area contributed by atoms with E-state index in [0.717, 1.165) is 18.0 Å². The Labute approximate surface area is 121 Å². The van der Waals surface area contributed by atoms with Gasteiger partial charge in [-0.25, -0.2) is 8.42 Å². The molecule has 0 fully saturated rings. The molecule has 0 aliphatic carbocycles. The molecule has 0 aliphatic heterocycles. The number of thioether (sulfide) groups is 1. The molecule has 0 bridgehead atoms. The van der Waals surface area contributed by atoms with Gasteiger partial charge in [0.05, 0.1) is 4.90 Å². The predicted molar refractivity (Wildman–Crippen MR) is 82.6 cm³/mol. The van der Waals surface area contributed by atoms with Crippen molar-refractivity contribution in [3.05, 3.63) is 24.3 Å². The Bertz CT molecular complexity index is 469. The molecule has 1 N–H and O–H groups in total. The van der Waals surface area contributed by atoms with Crippen molar-refractivity contribution in [1.82, 2.24) is 5.32 Å². The van der Waals surface area contributed by atoms with Crippen LogP contribution in [0.25, 0.3) is 0 Å². The second-order valence-electron chi connectivity index (χ2n) is 4.73. The van der Waals surface area contributed by atoms with Crippen molar-refractivity contribution >= 4 is 21.6 Å². The molecule has 3 nitrogen and oxygen atoms in total. The van der Waals surface area contributed by atoms with Crippen molar-refractivity contribution in [2.45, 2.75) is 41.7 Å². The number of hydrogen-bond donors (Lipinski definition) is 1. The molecule has 1 rings (SSSR count). The van der Waals surface area contributed by atoms with Gasteiger partial charge in [-0.15, -0.1) is 11.8 Å². The molecule has 0 spiro atoms. The maximum Gasteiger partial charge on any atom is 0.175 e. The molecule has 0 saturated carbocycles. The zero-order valence-corrected chi connectivity index (χ0v) is 13.5. The Morgan fingerprint density at radius 2 is 1.89 bits per heavy atom. The van der Waals surface area contributed by atoms with Crippen LogP contribution in [0.2, 0.25) is 0 Å². The highest BCUT2D eigenvalue weighted by Crippen LogP contribution is 2.24. The first-order valence-electron chi connectivity index (χ1n) is 6.61. The average molecular weight is 301 g/mol. The van der Waals surface area contributed by atoms with Gasteiger partial charge in [-0.2, -0.15) is 0 Å². The first-order valence-corrected chi connectivity index (χ1v) is 9.38. The molecular formula is C14H23NO2S2. The normalized spacial score (nSPS) is 13.4. The molecule has 0 heterocycles. The fraction of sp³-hybridized carbons (Fsp3) is 0.571. The summed E-state index contributed by atoms with van der Waals surface area (Å²) in [6.07, 6.45) is 3.65. The third kappa shape index (κ3) is 6.45. The van der Waals surface area contributed by atoms with E-state index in [9.17, 15) is 8.42 Å². The standard InChI is InChI=1S/C14H23NO2S2/c1-4-5-10-15-11-12(2)18-13-6-8-14(9-7-13)19(3,16)17/h6-9,12,15H,4-5,10-11H2,1-3H3. The summed E-state index contributed by atoms with van der Waals surface area (Å²) in [6.45, 7) is 6.39. The van der Waals surface area contributed by atoms with E-state index in [-0.39, 0.29) is 0 Å². The highest BCUT2D eigenvalue weighted by molar-refractivity contribution is 8.00. The number of nitrogens with one attached hydrogen (secondary N) is 1. The van der Waals surface area contributed by atoms with Gasteiger partial charge in [0, 0.05) is 22.9 Å². The third-order valence-electron chi connectivity index (χ3n) is 2.73. The Kier molecular flexibility index (Phi) is 6.89. The highest BCUT2D eigenvalue weighted by Gasteiger charge is 2.08. The topological polar surface area (TPSA) is 46.2 Å². The average Bonchev–Trinajstić information content (AvgIpc) is 2.34. The molecule has 1 unspecified atom stereocenters. The molecule has 108 valence electrons. The van der Waals surface area contributed by atoms with Crippen molar-refractivity contribution in [2.24, 2.45) is 0 Å². The third-order valence-corrected chi connectivity index (χ3v) is 4.97. The Morgan fingerprint density at radius 3 is 2.42 bits per heavy atom. The second kappa shape index (κ2) is 7.92. The summed E-state index contributed by atoms with van der Waals surface area (Å²) in [5.41, 5.74) is 0. The van der Waals surface area contributed by atoms with Crippen LogP contribution in [0.5, 0.6) is 0 Å². The van der Waals surface area contributed by atoms with Crippen molar-refractivity contribution in [3.63, 3.8) is 0 Å². The number of benzene rings is 1. The Morgan fingerprint density at radius 1 is 1.26 bits per heavy atom. The summed E-state index contributed by atoms with van der Waals surface area (Å²) in [7, 11) is -3.09. The molecule has 0 amide bonds. The van der Waals surface area contributed by atoms with Crippen LogP contribution in [0.1, 0.15) is 26.7 Å². The Hall–Kier alpha value is -0.520. The second-order valence-corrected chi connectivity index (χ2v) is 8.26. The lowest BCUT2D eigenvalue weighted by atomic mass is 10.3. The number of hydrogen-bond acceptors (Lipinski definition) is 4. The van der Waals surface area contributed by atoms with Crippen LogP contribution in [0.3, 0.4) is 0 Å². The zero-order valence-electron chi connectivity index (χ0n) is 11.8. The van der Waals surface area contributed by atoms with E-state index >= 15 is 0 Å². The largest absolute Gasteiger partial charge is 0.316 e. The quantitative estimate of drug-likeness (QED) is 0.592. The maximum atomic E-state index is 11.4. The first kappa shape index (κ1) is 16.5. The molecule has 1 atom stereocenters. The lowest BCUT2D eigenvalue weighted by Crippen LogP contribution is -2.23. The van der Waals surface area contributed by atoms with Gasteiger partial charge >= 0.3 is 0 Å². The van der Waals surface area contributed by atoms with Gasteiger partial charge < -0.3 is 5.32 Å². The van der Waals surface area contributed by atoms with Crippen molar-refractivity contribution < 1.29 is 8.42 Å². The van der Waals surface area contributed by atoms with E-state index in [0.29, 0.717) is 10.1 Å². The monoisotopic (exact) mass is 301 g/mol. The van der Waals surface area contributed by atoms with E-state index in [1.54, 1.807) is 23.9 Å². The van der Waals surface area contributed by atoms with Crippen LogP contribution < -0.4 is 5.32 Å². The highest BCUT2D eigenvalue weighted by atomic mass is 32.2. The Balaban J connectivity index is 2.45. The van der Waals surface area contributed by atoms with Gasteiger partial charge in [-0.05, 0) is 37.2 Å². The summed E-state index contributed by atoms with van der Waals surface area (Å²) in [5, 5.41) is 3.90. The lowest BCUT2D eigenvalue weighted by Gasteiger charge is -2.12. The summed E-state index contributed by atoms with van der Waals surface area (Å²) < 4.78 is 22.7. The van der Waals surface area contributed by atoms with Crippen LogP contribution in [-0.2, 0) is 9.84 Å². The van der Waals surface area contributed by atoms with Gasteiger partial charge in [0.25, 0.3) is 0 Å². The first-order chi connectivity index (χ1) is 8.93. The van der Waals surface area contributed by atoms with Crippen LogP contribution >= 0.6 is 11.8 Å². The van der Waals surface area contributed by atoms with Gasteiger partial charge in [0.2, 0.25) is 0 Å². The fourth-order valence-corrected chi connectivity index (χ4v) is 3.24. The molecule has 5 heteroatoms. The predicted octanol–water partition coefficient (Wildman–Crippen LogP) is 2.96. The van der Waals surface area contributed by atoms with E-state index in [4.69, 9.17) is 0 Å². The number of rotatable bonds is 8. The van der Waals surface area contributed by atoms with Gasteiger partial charge in [-0.3, -0.25) is 0 Å². The molecule has 0 saturated heterocycles. The lowest BCUT2D eigenvalue weighted by molar-refractivity contribution is 0.602. The minimum Gasteiger partial charge on any atom is -0.316 e. The number of unbranched alkanes of at least 4 members (excludes halogenated alkanes) is 1. The molecule has 1 aromatic rings. The van der Waals surface area contributed by atoms with E-state index in [1.165, 1.54) is 19.1 Å². The summed E-state index contributed by atoms with van der Waals surface area (Å²) >= 11 is 1.76. The summed E-state index contributed by atoms with van der Waals surface area (Å²) in [4.78, 5) is 1.49. The van der Waals surface area contributed by atoms with E-state index < -0.39 is 9.84 Å². The van der Waals surface area contributed by atoms with Gasteiger partial charge in [0.15, 0.2) is 9.84 Å². The maximum absolute atomic E-state index is 11.4. The smallest absolute Gasteiger partial charge is 0.175 e. The van der Waals surface area contributed by atoms with Gasteiger partial charge in [-0.1, -0.05) is 20.3 Å². The molecule has 0 aliphatic rings. The van der Waals surface area contributed by atoms with E-state index in [1.807, 2.05) is 12.1 Å². The van der Waals surface area contributed by atoms with Crippen molar-refractivity contribution in [1.29, 1.82) is 0 Å². The minimum absolute atomic E-state index is 0.380.